The van der Waals surface area contributed by atoms with Crippen molar-refractivity contribution in [1.29, 1.82) is 0 Å². The van der Waals surface area contributed by atoms with E-state index in [1.54, 1.807) is 0 Å². The number of nitrogens with one attached hydrogen (secondary N) is 1. The minimum absolute atomic E-state index is 0.133. The Morgan fingerprint density at radius 1 is 1.13 bits per heavy atom. The molecule has 1 atom stereocenters. The van der Waals surface area contributed by atoms with Gasteiger partial charge in [0.05, 0.1) is 29.6 Å². The van der Waals surface area contributed by atoms with Crippen LogP contribution in [0.25, 0.3) is 10.9 Å². The Bertz CT molecular complexity index is 815. The third-order valence-corrected chi connectivity index (χ3v) is 4.09. The van der Waals surface area contributed by atoms with Gasteiger partial charge in [-0.2, -0.15) is 0 Å². The maximum absolute atomic E-state index is 11.7. The molecule has 118 valence electrons. The maximum Gasteiger partial charge on any atom is 0.154 e. The molecule has 0 fully saturated rings. The summed E-state index contributed by atoms with van der Waals surface area (Å²) in [5.74, 6) is 0.796. The summed E-state index contributed by atoms with van der Waals surface area (Å²) >= 11 is 5.75. The number of fused-ring (bicyclic) bond motifs is 1. The second-order valence-electron chi connectivity index (χ2n) is 5.31. The van der Waals surface area contributed by atoms with Gasteiger partial charge in [-0.15, -0.1) is 11.6 Å². The zero-order valence-corrected chi connectivity index (χ0v) is 13.2. The molecule has 2 N–H and O–H groups in total. The monoisotopic (exact) mass is 328 g/mol. The Hall–Kier alpha value is -2.30. The van der Waals surface area contributed by atoms with E-state index in [4.69, 9.17) is 11.6 Å². The van der Waals surface area contributed by atoms with Gasteiger partial charge in [0.25, 0.3) is 0 Å². The van der Waals surface area contributed by atoms with Crippen molar-refractivity contribution < 1.29 is 9.90 Å². The predicted molar refractivity (Wildman–Crippen MR) is 93.8 cm³/mol. The van der Waals surface area contributed by atoms with Crippen LogP contribution in [0.3, 0.4) is 0 Å². The van der Waals surface area contributed by atoms with E-state index >= 15 is 0 Å². The van der Waals surface area contributed by atoms with Gasteiger partial charge in [-0.05, 0) is 18.2 Å². The fourth-order valence-corrected chi connectivity index (χ4v) is 2.79. The van der Waals surface area contributed by atoms with Gasteiger partial charge in [-0.3, -0.25) is 4.79 Å². The first-order chi connectivity index (χ1) is 11.2. The van der Waals surface area contributed by atoms with Crippen molar-refractivity contribution in [3.63, 3.8) is 0 Å². The van der Waals surface area contributed by atoms with Crippen LogP contribution >= 0.6 is 11.6 Å². The summed E-state index contributed by atoms with van der Waals surface area (Å²) in [5, 5.41) is 14.1. The average Bonchev–Trinajstić information content (AvgIpc) is 2.88. The van der Waals surface area contributed by atoms with Crippen molar-refractivity contribution in [2.75, 3.05) is 11.2 Å². The van der Waals surface area contributed by atoms with E-state index in [1.165, 1.54) is 0 Å². The zero-order chi connectivity index (χ0) is 16.2. The first-order valence-corrected chi connectivity index (χ1v) is 7.90. The summed E-state index contributed by atoms with van der Waals surface area (Å²) < 4.78 is 1.90. The van der Waals surface area contributed by atoms with Gasteiger partial charge in [-0.1, -0.05) is 36.4 Å². The number of halogens is 1. The number of nitrogens with zero attached hydrogens (tertiary/aromatic N) is 1. The van der Waals surface area contributed by atoms with Crippen LogP contribution < -0.4 is 5.32 Å². The molecule has 0 aliphatic rings. The topological polar surface area (TPSA) is 54.3 Å². The quantitative estimate of drug-likeness (QED) is 0.534. The zero-order valence-electron chi connectivity index (χ0n) is 12.4. The molecule has 1 aromatic heterocycles. The van der Waals surface area contributed by atoms with E-state index in [-0.39, 0.29) is 5.88 Å². The molecule has 0 saturated carbocycles. The van der Waals surface area contributed by atoms with Gasteiger partial charge >= 0.3 is 0 Å². The molecule has 2 aromatic carbocycles. The van der Waals surface area contributed by atoms with E-state index < -0.39 is 6.10 Å². The number of rotatable bonds is 6. The van der Waals surface area contributed by atoms with E-state index in [2.05, 4.69) is 5.32 Å². The number of para-hydroxylation sites is 2. The highest BCUT2D eigenvalue weighted by atomic mass is 35.5. The fraction of sp³-hybridized carbons (Fsp3) is 0.167. The van der Waals surface area contributed by atoms with Crippen LogP contribution in [0.2, 0.25) is 0 Å². The Morgan fingerprint density at radius 2 is 1.83 bits per heavy atom. The van der Waals surface area contributed by atoms with Gasteiger partial charge < -0.3 is 15.0 Å². The summed E-state index contributed by atoms with van der Waals surface area (Å²) in [7, 11) is 0. The minimum atomic E-state index is -0.691. The number of aliphatic hydroxyl groups is 1. The van der Waals surface area contributed by atoms with Crippen LogP contribution in [0.4, 0.5) is 11.5 Å². The van der Waals surface area contributed by atoms with E-state index in [0.717, 1.165) is 22.9 Å². The van der Waals surface area contributed by atoms with Gasteiger partial charge in [-0.25, -0.2) is 0 Å². The Morgan fingerprint density at radius 3 is 2.52 bits per heavy atom. The van der Waals surface area contributed by atoms with Crippen molar-refractivity contribution in [3.05, 3.63) is 60.2 Å². The SMILES string of the molecule is O=Cc1c(Nc2ccccc2)n(CC(O)CCl)c2ccccc12. The van der Waals surface area contributed by atoms with Gasteiger partial charge in [0, 0.05) is 11.1 Å². The minimum Gasteiger partial charge on any atom is -0.390 e. The highest BCUT2D eigenvalue weighted by Gasteiger charge is 2.18. The fourth-order valence-electron chi connectivity index (χ4n) is 2.69. The van der Waals surface area contributed by atoms with Crippen molar-refractivity contribution in [3.8, 4) is 0 Å². The molecule has 0 amide bonds. The van der Waals surface area contributed by atoms with Crippen LogP contribution in [0, 0.1) is 0 Å². The molecule has 4 nitrogen and oxygen atoms in total. The third kappa shape index (κ3) is 3.09. The lowest BCUT2D eigenvalue weighted by atomic mass is 10.2. The summed E-state index contributed by atoms with van der Waals surface area (Å²) in [6, 6.07) is 17.3. The maximum atomic E-state index is 11.7. The number of benzene rings is 2. The van der Waals surface area contributed by atoms with Crippen LogP contribution in [0.1, 0.15) is 10.4 Å². The molecule has 0 radical (unpaired) electrons. The van der Waals surface area contributed by atoms with Gasteiger partial charge in [0.15, 0.2) is 6.29 Å². The highest BCUT2D eigenvalue weighted by Crippen LogP contribution is 2.31. The molecule has 0 aliphatic heterocycles. The highest BCUT2D eigenvalue weighted by molar-refractivity contribution is 6.18. The molecule has 1 unspecified atom stereocenters. The van der Waals surface area contributed by atoms with Crippen LogP contribution in [-0.2, 0) is 6.54 Å². The number of carbonyl (C=O) groups excluding carboxylic acids is 1. The lowest BCUT2D eigenvalue weighted by Crippen LogP contribution is -2.18. The molecule has 0 saturated heterocycles. The first-order valence-electron chi connectivity index (χ1n) is 7.37. The molecule has 5 heteroatoms. The van der Waals surface area contributed by atoms with Crippen LogP contribution in [0.15, 0.2) is 54.6 Å². The second-order valence-corrected chi connectivity index (χ2v) is 5.62. The van der Waals surface area contributed by atoms with Crippen LogP contribution in [-0.4, -0.2) is 27.9 Å². The Balaban J connectivity index is 2.16. The third-order valence-electron chi connectivity index (χ3n) is 3.74. The molecule has 1 heterocycles. The first kappa shape index (κ1) is 15.6. The number of aliphatic hydroxyl groups excluding tert-OH is 1. The molecule has 0 aliphatic carbocycles. The molecular formula is C18H17ClN2O2. The van der Waals surface area contributed by atoms with Crippen molar-refractivity contribution in [1.82, 2.24) is 4.57 Å². The predicted octanol–water partition coefficient (Wildman–Crippen LogP) is 3.80. The number of aldehydes is 1. The number of aromatic nitrogens is 1. The largest absolute Gasteiger partial charge is 0.390 e. The molecule has 3 aromatic rings. The van der Waals surface area contributed by atoms with Crippen molar-refractivity contribution in [2.24, 2.45) is 0 Å². The molecular weight excluding hydrogens is 312 g/mol. The second kappa shape index (κ2) is 6.86. The standard InChI is InChI=1S/C18H17ClN2O2/c19-10-14(23)11-21-17-9-5-4-8-15(17)16(12-22)18(21)20-13-6-2-1-3-7-13/h1-9,12,14,20,23H,10-11H2. The Labute approximate surface area is 139 Å². The number of carbonyl (C=O) groups is 1. The summed E-state index contributed by atoms with van der Waals surface area (Å²) in [6.07, 6.45) is 0.153. The Kier molecular flexibility index (Phi) is 4.65. The van der Waals surface area contributed by atoms with Crippen LogP contribution in [0.5, 0.6) is 0 Å². The van der Waals surface area contributed by atoms with Gasteiger partial charge in [0.2, 0.25) is 0 Å². The van der Waals surface area contributed by atoms with E-state index in [1.807, 2.05) is 59.2 Å². The van der Waals surface area contributed by atoms with Crippen molar-refractivity contribution in [2.45, 2.75) is 12.6 Å². The number of hydrogen-bond donors (Lipinski definition) is 2. The molecule has 23 heavy (non-hydrogen) atoms. The molecule has 3 rings (SSSR count). The van der Waals surface area contributed by atoms with Crippen molar-refractivity contribution >= 4 is 40.3 Å². The lowest BCUT2D eigenvalue weighted by Gasteiger charge is -2.15. The lowest BCUT2D eigenvalue weighted by molar-refractivity contribution is 0.112. The number of hydrogen-bond acceptors (Lipinski definition) is 3. The number of alkyl halides is 1. The van der Waals surface area contributed by atoms with Gasteiger partial charge in [0.1, 0.15) is 5.82 Å². The smallest absolute Gasteiger partial charge is 0.154 e. The van der Waals surface area contributed by atoms with E-state index in [0.29, 0.717) is 17.9 Å². The summed E-state index contributed by atoms with van der Waals surface area (Å²) in [6.45, 7) is 0.313. The summed E-state index contributed by atoms with van der Waals surface area (Å²) in [5.41, 5.74) is 2.34. The average molecular weight is 329 g/mol. The molecule has 0 bridgehead atoms. The summed E-state index contributed by atoms with van der Waals surface area (Å²) in [4.78, 5) is 11.7. The molecule has 0 spiro atoms. The number of anilines is 2. The normalized spacial score (nSPS) is 12.3. The van der Waals surface area contributed by atoms with E-state index in [9.17, 15) is 9.90 Å².